The molecular weight excluding hydrogens is 236 g/mol. The predicted molar refractivity (Wildman–Crippen MR) is 64.0 cm³/mol. The van der Waals surface area contributed by atoms with E-state index in [-0.39, 0.29) is 12.9 Å². The largest absolute Gasteiger partial charge is 0.477 e. The lowest BCUT2D eigenvalue weighted by Gasteiger charge is -2.33. The molecule has 0 atom stereocenters. The number of hydrogen-bond donors (Lipinski definition) is 1. The molecule has 18 heavy (non-hydrogen) atoms. The molecule has 0 amide bonds. The Kier molecular flexibility index (Phi) is 4.21. The van der Waals surface area contributed by atoms with Crippen LogP contribution in [0.15, 0.2) is 6.20 Å². The predicted octanol–water partition coefficient (Wildman–Crippen LogP) is 1.30. The van der Waals surface area contributed by atoms with Crippen molar-refractivity contribution >= 4 is 0 Å². The maximum atomic E-state index is 9.00. The molecule has 0 radical (unpaired) electrons. The Morgan fingerprint density at radius 1 is 1.50 bits per heavy atom. The highest BCUT2D eigenvalue weighted by Crippen LogP contribution is 2.36. The molecule has 2 heterocycles. The molecule has 6 heteroatoms. The lowest BCUT2D eigenvalue weighted by Crippen LogP contribution is -2.31. The second kappa shape index (κ2) is 5.69. The minimum atomic E-state index is -0.408. The first-order chi connectivity index (χ1) is 8.61. The molecule has 102 valence electrons. The summed E-state index contributed by atoms with van der Waals surface area (Å²) in [5.41, 5.74) is 0.780. The number of nitrogens with zero attached hydrogens (tertiary/aromatic N) is 2. The van der Waals surface area contributed by atoms with E-state index in [1.54, 1.807) is 10.9 Å². The van der Waals surface area contributed by atoms with Crippen molar-refractivity contribution in [1.82, 2.24) is 9.78 Å². The van der Waals surface area contributed by atoms with Crippen molar-refractivity contribution in [3.05, 3.63) is 11.8 Å². The Balaban J connectivity index is 2.12. The number of ether oxygens (including phenoxy) is 3. The molecule has 1 saturated heterocycles. The van der Waals surface area contributed by atoms with Gasteiger partial charge in [0.2, 0.25) is 5.88 Å². The molecule has 1 aromatic heterocycles. The van der Waals surface area contributed by atoms with Crippen LogP contribution in [0.2, 0.25) is 0 Å². The van der Waals surface area contributed by atoms with Gasteiger partial charge in [0.1, 0.15) is 0 Å². The van der Waals surface area contributed by atoms with E-state index in [2.05, 4.69) is 18.9 Å². The third-order valence-corrected chi connectivity index (χ3v) is 2.57. The zero-order valence-corrected chi connectivity index (χ0v) is 11.0. The summed E-state index contributed by atoms with van der Waals surface area (Å²) in [5, 5.41) is 13.2. The maximum absolute atomic E-state index is 9.00. The summed E-state index contributed by atoms with van der Waals surface area (Å²) in [5.74, 6) is 1.03. The first-order valence-electron chi connectivity index (χ1n) is 6.22. The van der Waals surface area contributed by atoms with Gasteiger partial charge in [-0.1, -0.05) is 13.8 Å². The quantitative estimate of drug-likeness (QED) is 0.831. The smallest absolute Gasteiger partial charge is 0.220 e. The third kappa shape index (κ3) is 2.82. The molecule has 1 fully saturated rings. The molecule has 2 rings (SSSR count). The fraction of sp³-hybridized carbons (Fsp3) is 0.750. The highest BCUT2D eigenvalue weighted by atomic mass is 16.9. The van der Waals surface area contributed by atoms with E-state index in [0.29, 0.717) is 24.9 Å². The first kappa shape index (κ1) is 13.3. The van der Waals surface area contributed by atoms with Crippen LogP contribution in [0.4, 0.5) is 0 Å². The van der Waals surface area contributed by atoms with Crippen molar-refractivity contribution in [2.45, 2.75) is 39.9 Å². The summed E-state index contributed by atoms with van der Waals surface area (Å²) in [4.78, 5) is 0. The zero-order valence-electron chi connectivity index (χ0n) is 11.0. The highest BCUT2D eigenvalue weighted by Gasteiger charge is 2.33. The summed E-state index contributed by atoms with van der Waals surface area (Å²) >= 11 is 0. The van der Waals surface area contributed by atoms with Crippen molar-refractivity contribution in [3.63, 3.8) is 0 Å². The van der Waals surface area contributed by atoms with Gasteiger partial charge in [0.25, 0.3) is 0 Å². The topological polar surface area (TPSA) is 65.7 Å². The van der Waals surface area contributed by atoms with Crippen molar-refractivity contribution in [3.8, 4) is 5.88 Å². The molecule has 6 nitrogen and oxygen atoms in total. The lowest BCUT2D eigenvalue weighted by molar-refractivity contribution is -0.382. The molecular formula is C12H20N2O4. The van der Waals surface area contributed by atoms with E-state index in [9.17, 15) is 0 Å². The van der Waals surface area contributed by atoms with Gasteiger partial charge >= 0.3 is 0 Å². The van der Waals surface area contributed by atoms with Gasteiger partial charge in [-0.3, -0.25) is 0 Å². The summed E-state index contributed by atoms with van der Waals surface area (Å²) < 4.78 is 18.3. The molecule has 0 unspecified atom stereocenters. The Morgan fingerprint density at radius 2 is 2.22 bits per heavy atom. The summed E-state index contributed by atoms with van der Waals surface area (Å²) in [6.07, 6.45) is 1.07. The van der Waals surface area contributed by atoms with E-state index < -0.39 is 6.29 Å². The second-order valence-electron chi connectivity index (χ2n) is 4.73. The van der Waals surface area contributed by atoms with Crippen molar-refractivity contribution in [2.24, 2.45) is 5.92 Å². The second-order valence-corrected chi connectivity index (χ2v) is 4.73. The van der Waals surface area contributed by atoms with Crippen LogP contribution in [0, 0.1) is 5.92 Å². The van der Waals surface area contributed by atoms with Gasteiger partial charge < -0.3 is 19.3 Å². The van der Waals surface area contributed by atoms with Crippen LogP contribution in [0.3, 0.4) is 0 Å². The number of rotatable bonds is 6. The number of aliphatic hydroxyl groups excluding tert-OH is 1. The summed E-state index contributed by atoms with van der Waals surface area (Å²) in [6, 6.07) is 0. The van der Waals surface area contributed by atoms with E-state index in [0.717, 1.165) is 5.56 Å². The first-order valence-corrected chi connectivity index (χ1v) is 6.22. The van der Waals surface area contributed by atoms with Gasteiger partial charge in [-0.15, -0.1) is 0 Å². The average Bonchev–Trinajstić information content (AvgIpc) is 2.65. The van der Waals surface area contributed by atoms with E-state index in [4.69, 9.17) is 19.3 Å². The Hall–Kier alpha value is -1.11. The van der Waals surface area contributed by atoms with Gasteiger partial charge in [0.05, 0.1) is 31.5 Å². The van der Waals surface area contributed by atoms with Crippen LogP contribution in [0.5, 0.6) is 5.88 Å². The van der Waals surface area contributed by atoms with Gasteiger partial charge in [0.15, 0.2) is 12.6 Å². The average molecular weight is 256 g/mol. The molecule has 1 N–H and O–H groups in total. The third-order valence-electron chi connectivity index (χ3n) is 2.57. The van der Waals surface area contributed by atoms with Crippen LogP contribution in [0.25, 0.3) is 0 Å². The van der Waals surface area contributed by atoms with Crippen LogP contribution < -0.4 is 4.74 Å². The van der Waals surface area contributed by atoms with Gasteiger partial charge in [-0.2, -0.15) is 5.10 Å². The Labute approximate surface area is 106 Å². The molecule has 1 aliphatic rings. The lowest BCUT2D eigenvalue weighted by atomic mass is 10.2. The van der Waals surface area contributed by atoms with Crippen LogP contribution in [0.1, 0.15) is 32.6 Å². The Bertz CT molecular complexity index is 385. The summed E-state index contributed by atoms with van der Waals surface area (Å²) in [7, 11) is 0. The number of aromatic nitrogens is 2. The van der Waals surface area contributed by atoms with Gasteiger partial charge in [0, 0.05) is 0 Å². The van der Waals surface area contributed by atoms with E-state index >= 15 is 0 Å². The monoisotopic (exact) mass is 256 g/mol. The fourth-order valence-electron chi connectivity index (χ4n) is 1.71. The minimum absolute atomic E-state index is 0.0158. The fourth-order valence-corrected chi connectivity index (χ4v) is 1.71. The zero-order chi connectivity index (χ0) is 13.1. The number of aliphatic hydroxyl groups is 1. The van der Waals surface area contributed by atoms with Gasteiger partial charge in [-0.25, -0.2) is 4.68 Å². The molecule has 0 bridgehead atoms. The molecule has 0 aliphatic carbocycles. The molecule has 1 aliphatic heterocycles. The number of hydrogen-bond acceptors (Lipinski definition) is 5. The van der Waals surface area contributed by atoms with Crippen LogP contribution in [-0.4, -0.2) is 34.4 Å². The van der Waals surface area contributed by atoms with Crippen molar-refractivity contribution in [1.29, 1.82) is 0 Å². The van der Waals surface area contributed by atoms with Gasteiger partial charge in [-0.05, 0) is 12.8 Å². The Morgan fingerprint density at radius 3 is 2.78 bits per heavy atom. The van der Waals surface area contributed by atoms with Crippen molar-refractivity contribution < 1.29 is 19.3 Å². The van der Waals surface area contributed by atoms with Crippen LogP contribution >= 0.6 is 0 Å². The summed E-state index contributed by atoms with van der Waals surface area (Å²) in [6.45, 7) is 6.99. The van der Waals surface area contributed by atoms with Crippen molar-refractivity contribution in [2.75, 3.05) is 13.2 Å². The molecule has 0 spiro atoms. The minimum Gasteiger partial charge on any atom is -0.477 e. The van der Waals surface area contributed by atoms with E-state index in [1.807, 2.05) is 6.92 Å². The normalized spacial score (nSPS) is 23.2. The van der Waals surface area contributed by atoms with E-state index in [1.165, 1.54) is 0 Å². The standard InChI is InChI=1S/C12H20N2O4/c1-8(2)7-16-11-10(12-17-9(3)18-12)6-13-14(11)4-5-15/h6,8-9,12,15H,4-5,7H2,1-3H3. The van der Waals surface area contributed by atoms with Crippen LogP contribution in [-0.2, 0) is 16.0 Å². The molecule has 0 aromatic carbocycles. The SMILES string of the molecule is CC(C)COc1c(C2OC(C)O2)cnn1CCO. The highest BCUT2D eigenvalue weighted by molar-refractivity contribution is 5.26. The molecule has 0 saturated carbocycles. The maximum Gasteiger partial charge on any atom is 0.220 e. The molecule has 1 aromatic rings.